The molecule has 2 amide bonds. The summed E-state index contributed by atoms with van der Waals surface area (Å²) in [7, 11) is 0. The molecule has 0 fully saturated rings. The molecule has 0 spiro atoms. The van der Waals surface area contributed by atoms with Crippen LogP contribution >= 0.6 is 0 Å². The maximum absolute atomic E-state index is 12.5. The van der Waals surface area contributed by atoms with E-state index in [-0.39, 0.29) is 5.91 Å². The standard InChI is InChI=1S/C17H20N4O3/c1-12(23)20-16(7-13-5-3-2-4-6-13)17(24)21-15(10-22)8-14-9-18-11-19-14/h2-6,9-11,15-16H,7-8H2,1H3,(H,18,19)(H,20,23)(H,21,24). The highest BCUT2D eigenvalue weighted by Crippen LogP contribution is 2.05. The van der Waals surface area contributed by atoms with E-state index in [4.69, 9.17) is 0 Å². The Balaban J connectivity index is 2.02. The molecule has 7 nitrogen and oxygen atoms in total. The summed E-state index contributed by atoms with van der Waals surface area (Å²) in [6, 6.07) is 7.94. The second kappa shape index (κ2) is 8.61. The highest BCUT2D eigenvalue weighted by atomic mass is 16.2. The predicted octanol–water partition coefficient (Wildman–Crippen LogP) is 0.383. The van der Waals surface area contributed by atoms with Crippen molar-refractivity contribution in [2.75, 3.05) is 0 Å². The zero-order chi connectivity index (χ0) is 17.4. The van der Waals surface area contributed by atoms with E-state index in [0.29, 0.717) is 19.1 Å². The summed E-state index contributed by atoms with van der Waals surface area (Å²) >= 11 is 0. The number of carbonyl (C=O) groups is 3. The third kappa shape index (κ3) is 5.35. The number of hydrogen-bond acceptors (Lipinski definition) is 4. The first kappa shape index (κ1) is 17.4. The number of rotatable bonds is 8. The molecule has 0 aliphatic heterocycles. The maximum Gasteiger partial charge on any atom is 0.243 e. The first-order chi connectivity index (χ1) is 11.6. The predicted molar refractivity (Wildman–Crippen MR) is 88.0 cm³/mol. The van der Waals surface area contributed by atoms with Crippen LogP contribution in [0.4, 0.5) is 0 Å². The van der Waals surface area contributed by atoms with Crippen LogP contribution < -0.4 is 10.6 Å². The van der Waals surface area contributed by atoms with Gasteiger partial charge in [0.15, 0.2) is 0 Å². The number of benzene rings is 1. The van der Waals surface area contributed by atoms with E-state index < -0.39 is 18.0 Å². The zero-order valence-electron chi connectivity index (χ0n) is 13.4. The summed E-state index contributed by atoms with van der Waals surface area (Å²) in [6.45, 7) is 1.35. The van der Waals surface area contributed by atoms with Crippen LogP contribution in [-0.2, 0) is 27.2 Å². The molecule has 1 aromatic heterocycles. The average molecular weight is 328 g/mol. The van der Waals surface area contributed by atoms with Crippen molar-refractivity contribution in [3.63, 3.8) is 0 Å². The Morgan fingerprint density at radius 1 is 1.21 bits per heavy atom. The van der Waals surface area contributed by atoms with Crippen molar-refractivity contribution >= 4 is 18.1 Å². The summed E-state index contributed by atoms with van der Waals surface area (Å²) in [6.07, 6.45) is 4.44. The molecular weight excluding hydrogens is 308 g/mol. The van der Waals surface area contributed by atoms with Crippen LogP contribution in [0.15, 0.2) is 42.9 Å². The molecule has 0 saturated heterocycles. The van der Waals surface area contributed by atoms with Crippen molar-refractivity contribution in [1.29, 1.82) is 0 Å². The molecule has 0 aliphatic carbocycles. The van der Waals surface area contributed by atoms with Crippen LogP contribution in [-0.4, -0.2) is 40.2 Å². The summed E-state index contributed by atoms with van der Waals surface area (Å²) < 4.78 is 0. The lowest BCUT2D eigenvalue weighted by Gasteiger charge is -2.20. The van der Waals surface area contributed by atoms with Gasteiger partial charge in [-0.1, -0.05) is 30.3 Å². The number of aromatic nitrogens is 2. The van der Waals surface area contributed by atoms with Crippen molar-refractivity contribution in [2.24, 2.45) is 0 Å². The van der Waals surface area contributed by atoms with E-state index in [1.165, 1.54) is 13.3 Å². The third-order valence-corrected chi connectivity index (χ3v) is 3.46. The van der Waals surface area contributed by atoms with E-state index in [9.17, 15) is 14.4 Å². The molecule has 24 heavy (non-hydrogen) atoms. The number of hydrogen-bond donors (Lipinski definition) is 3. The smallest absolute Gasteiger partial charge is 0.243 e. The molecule has 2 unspecified atom stereocenters. The van der Waals surface area contributed by atoms with Gasteiger partial charge in [-0.15, -0.1) is 0 Å². The second-order valence-electron chi connectivity index (χ2n) is 5.47. The van der Waals surface area contributed by atoms with Crippen molar-refractivity contribution < 1.29 is 14.4 Å². The lowest BCUT2D eigenvalue weighted by atomic mass is 10.0. The second-order valence-corrected chi connectivity index (χ2v) is 5.47. The molecule has 0 radical (unpaired) electrons. The van der Waals surface area contributed by atoms with Crippen molar-refractivity contribution in [1.82, 2.24) is 20.6 Å². The van der Waals surface area contributed by atoms with Gasteiger partial charge in [0.2, 0.25) is 11.8 Å². The number of nitrogens with one attached hydrogen (secondary N) is 3. The average Bonchev–Trinajstić information content (AvgIpc) is 3.07. The largest absolute Gasteiger partial charge is 0.348 e. The third-order valence-electron chi connectivity index (χ3n) is 3.46. The Bertz CT molecular complexity index is 670. The molecular formula is C17H20N4O3. The van der Waals surface area contributed by atoms with Crippen LogP contribution in [0.5, 0.6) is 0 Å². The van der Waals surface area contributed by atoms with Crippen LogP contribution in [0.2, 0.25) is 0 Å². The Hall–Kier alpha value is -2.96. The van der Waals surface area contributed by atoms with Crippen molar-refractivity contribution in [3.8, 4) is 0 Å². The van der Waals surface area contributed by atoms with Gasteiger partial charge in [-0.3, -0.25) is 9.59 Å². The van der Waals surface area contributed by atoms with E-state index in [1.54, 1.807) is 6.20 Å². The summed E-state index contributed by atoms with van der Waals surface area (Å²) in [4.78, 5) is 41.9. The van der Waals surface area contributed by atoms with Gasteiger partial charge in [0.25, 0.3) is 0 Å². The highest BCUT2D eigenvalue weighted by molar-refractivity contribution is 5.88. The molecule has 2 aromatic rings. The van der Waals surface area contributed by atoms with Crippen molar-refractivity contribution in [2.45, 2.75) is 31.8 Å². The number of nitrogens with zero attached hydrogens (tertiary/aromatic N) is 1. The minimum absolute atomic E-state index is 0.303. The fraction of sp³-hybridized carbons (Fsp3) is 0.294. The molecule has 2 atom stereocenters. The molecule has 3 N–H and O–H groups in total. The molecule has 2 rings (SSSR count). The Morgan fingerprint density at radius 3 is 2.54 bits per heavy atom. The minimum Gasteiger partial charge on any atom is -0.348 e. The summed E-state index contributed by atoms with van der Waals surface area (Å²) in [5.41, 5.74) is 1.66. The molecule has 7 heteroatoms. The fourth-order valence-electron chi connectivity index (χ4n) is 2.35. The number of carbonyl (C=O) groups excluding carboxylic acids is 3. The van der Waals surface area contributed by atoms with Gasteiger partial charge in [0.05, 0.1) is 12.4 Å². The summed E-state index contributed by atoms with van der Waals surface area (Å²) in [5.74, 6) is -0.701. The summed E-state index contributed by atoms with van der Waals surface area (Å²) in [5, 5.41) is 5.29. The normalized spacial score (nSPS) is 12.9. The zero-order valence-corrected chi connectivity index (χ0v) is 13.4. The molecule has 126 valence electrons. The number of aromatic amines is 1. The highest BCUT2D eigenvalue weighted by Gasteiger charge is 2.23. The Labute approximate surface area is 139 Å². The van der Waals surface area contributed by atoms with Gasteiger partial charge in [-0.25, -0.2) is 4.98 Å². The van der Waals surface area contributed by atoms with Gasteiger partial charge in [0.1, 0.15) is 12.3 Å². The SMILES string of the molecule is CC(=O)NC(Cc1ccccc1)C(=O)NC(C=O)Cc1cnc[nH]1. The Kier molecular flexibility index (Phi) is 6.24. The van der Waals surface area contributed by atoms with E-state index in [1.807, 2.05) is 30.3 Å². The number of imidazole rings is 1. The number of amides is 2. The van der Waals surface area contributed by atoms with Crippen LogP contribution in [0.1, 0.15) is 18.2 Å². The lowest BCUT2D eigenvalue weighted by molar-refractivity contribution is -0.129. The molecule has 0 saturated carbocycles. The molecule has 1 aromatic carbocycles. The molecule has 0 aliphatic rings. The number of aldehydes is 1. The van der Waals surface area contributed by atoms with Crippen molar-refractivity contribution in [3.05, 3.63) is 54.1 Å². The van der Waals surface area contributed by atoms with Gasteiger partial charge >= 0.3 is 0 Å². The topological polar surface area (TPSA) is 104 Å². The van der Waals surface area contributed by atoms with Crippen LogP contribution in [0.25, 0.3) is 0 Å². The van der Waals surface area contributed by atoms with Gasteiger partial charge in [0, 0.05) is 31.7 Å². The lowest BCUT2D eigenvalue weighted by Crippen LogP contribution is -2.51. The van der Waals surface area contributed by atoms with Crippen LogP contribution in [0.3, 0.4) is 0 Å². The van der Waals surface area contributed by atoms with E-state index in [0.717, 1.165) is 11.3 Å². The van der Waals surface area contributed by atoms with Gasteiger partial charge in [-0.05, 0) is 5.56 Å². The Morgan fingerprint density at radius 2 is 1.96 bits per heavy atom. The molecule has 0 bridgehead atoms. The first-order valence-electron chi connectivity index (χ1n) is 7.62. The minimum atomic E-state index is -0.742. The van der Waals surface area contributed by atoms with Crippen LogP contribution in [0, 0.1) is 0 Å². The maximum atomic E-state index is 12.5. The van der Waals surface area contributed by atoms with E-state index in [2.05, 4.69) is 20.6 Å². The first-order valence-corrected chi connectivity index (χ1v) is 7.62. The molecule has 1 heterocycles. The van der Waals surface area contributed by atoms with Gasteiger partial charge in [-0.2, -0.15) is 0 Å². The quantitative estimate of drug-likeness (QED) is 0.610. The van der Waals surface area contributed by atoms with Gasteiger partial charge < -0.3 is 20.4 Å². The fourth-order valence-corrected chi connectivity index (χ4v) is 2.35. The monoisotopic (exact) mass is 328 g/mol. The number of H-pyrrole nitrogens is 1. The van der Waals surface area contributed by atoms with E-state index >= 15 is 0 Å².